The van der Waals surface area contributed by atoms with Gasteiger partial charge in [0.1, 0.15) is 0 Å². The van der Waals surface area contributed by atoms with E-state index in [1.807, 2.05) is 6.92 Å². The van der Waals surface area contributed by atoms with Gasteiger partial charge >= 0.3 is 0 Å². The summed E-state index contributed by atoms with van der Waals surface area (Å²) in [5, 5.41) is 17.1. The molecule has 2 atom stereocenters. The lowest BCUT2D eigenvalue weighted by Crippen LogP contribution is -2.10. The predicted octanol–water partition coefficient (Wildman–Crippen LogP) is 1.38. The first-order chi connectivity index (χ1) is 8.12. The van der Waals surface area contributed by atoms with Crippen molar-refractivity contribution < 1.29 is 23.2 Å². The van der Waals surface area contributed by atoms with Crippen LogP contribution in [0.25, 0.3) is 0 Å². The Hall–Kier alpha value is -0.950. The average molecular weight is 276 g/mol. The molecule has 0 saturated carbocycles. The smallest absolute Gasteiger partial charge is 0.294 e. The van der Waals surface area contributed by atoms with Crippen molar-refractivity contribution in [2.45, 2.75) is 44.3 Å². The summed E-state index contributed by atoms with van der Waals surface area (Å²) in [5.41, 5.74) is 0.956. The van der Waals surface area contributed by atoms with Gasteiger partial charge in [0.05, 0.1) is 17.1 Å². The van der Waals surface area contributed by atoms with Crippen molar-refractivity contribution in [2.24, 2.45) is 0 Å². The van der Waals surface area contributed by atoms with Gasteiger partial charge < -0.3 is 10.2 Å². The highest BCUT2D eigenvalue weighted by Crippen LogP contribution is 2.08. The molecule has 1 aromatic rings. The van der Waals surface area contributed by atoms with E-state index in [4.69, 9.17) is 14.8 Å². The van der Waals surface area contributed by atoms with Crippen LogP contribution in [0.2, 0.25) is 0 Å². The molecule has 0 saturated heterocycles. The van der Waals surface area contributed by atoms with Crippen molar-refractivity contribution in [1.82, 2.24) is 0 Å². The second-order valence-electron chi connectivity index (χ2n) is 4.22. The van der Waals surface area contributed by atoms with Gasteiger partial charge in [-0.3, -0.25) is 4.55 Å². The molecule has 5 nitrogen and oxygen atoms in total. The molecule has 0 amide bonds. The summed E-state index contributed by atoms with van der Waals surface area (Å²) in [6.45, 7) is 5.16. The number of aliphatic hydroxyl groups excluding tert-OH is 2. The van der Waals surface area contributed by atoms with Crippen LogP contribution < -0.4 is 0 Å². The molecule has 1 rings (SSSR count). The van der Waals surface area contributed by atoms with Crippen molar-refractivity contribution in [3.8, 4) is 0 Å². The summed E-state index contributed by atoms with van der Waals surface area (Å²) in [5.74, 6) is 0. The largest absolute Gasteiger partial charge is 0.393 e. The zero-order chi connectivity index (χ0) is 14.3. The Labute approximate surface area is 108 Å². The summed E-state index contributed by atoms with van der Waals surface area (Å²) in [7, 11) is -4.02. The minimum atomic E-state index is -4.02. The van der Waals surface area contributed by atoms with Gasteiger partial charge in [0.15, 0.2) is 0 Å². The lowest BCUT2D eigenvalue weighted by Gasteiger charge is -2.04. The number of hydrogen-bond acceptors (Lipinski definition) is 4. The molecule has 6 heteroatoms. The van der Waals surface area contributed by atoms with Crippen molar-refractivity contribution >= 4 is 10.1 Å². The molecule has 0 aromatic heterocycles. The molecule has 0 aliphatic carbocycles. The highest BCUT2D eigenvalue weighted by Gasteiger charge is 2.06. The predicted molar refractivity (Wildman–Crippen MR) is 69.0 cm³/mol. The SMILES string of the molecule is CC(O)CC(C)O.Cc1ccc(S(=O)(=O)O)cc1. The molecular weight excluding hydrogens is 256 g/mol. The lowest BCUT2D eigenvalue weighted by molar-refractivity contribution is 0.102. The van der Waals surface area contributed by atoms with Crippen molar-refractivity contribution in [3.63, 3.8) is 0 Å². The van der Waals surface area contributed by atoms with Gasteiger partial charge in [-0.05, 0) is 39.3 Å². The van der Waals surface area contributed by atoms with Crippen LogP contribution in [0.15, 0.2) is 29.2 Å². The molecule has 0 aliphatic rings. The third-order valence-electron chi connectivity index (χ3n) is 2.00. The fraction of sp³-hybridized carbons (Fsp3) is 0.500. The Bertz CT molecular complexity index is 428. The molecule has 18 heavy (non-hydrogen) atoms. The molecule has 0 radical (unpaired) electrons. The van der Waals surface area contributed by atoms with E-state index < -0.39 is 10.1 Å². The Kier molecular flexibility index (Phi) is 7.08. The van der Waals surface area contributed by atoms with Gasteiger partial charge in [0.2, 0.25) is 0 Å². The minimum Gasteiger partial charge on any atom is -0.393 e. The third kappa shape index (κ3) is 8.19. The molecule has 0 aliphatic heterocycles. The quantitative estimate of drug-likeness (QED) is 0.725. The van der Waals surface area contributed by atoms with E-state index in [0.29, 0.717) is 6.42 Å². The maximum Gasteiger partial charge on any atom is 0.294 e. The van der Waals surface area contributed by atoms with Crippen molar-refractivity contribution in [2.75, 3.05) is 0 Å². The first-order valence-electron chi connectivity index (χ1n) is 5.53. The Morgan fingerprint density at radius 2 is 1.44 bits per heavy atom. The van der Waals surface area contributed by atoms with Crippen LogP contribution in [0.5, 0.6) is 0 Å². The van der Waals surface area contributed by atoms with E-state index in [-0.39, 0.29) is 17.1 Å². The van der Waals surface area contributed by atoms with E-state index in [1.54, 1.807) is 26.0 Å². The van der Waals surface area contributed by atoms with Crippen LogP contribution in [-0.2, 0) is 10.1 Å². The lowest BCUT2D eigenvalue weighted by atomic mass is 10.2. The molecule has 0 spiro atoms. The molecule has 104 valence electrons. The molecule has 0 fully saturated rings. The molecule has 3 N–H and O–H groups in total. The van der Waals surface area contributed by atoms with Crippen LogP contribution >= 0.6 is 0 Å². The Morgan fingerprint density at radius 3 is 1.67 bits per heavy atom. The van der Waals surface area contributed by atoms with E-state index in [0.717, 1.165) is 5.56 Å². The minimum absolute atomic E-state index is 0.0666. The van der Waals surface area contributed by atoms with E-state index in [9.17, 15) is 8.42 Å². The molecule has 0 bridgehead atoms. The Morgan fingerprint density at radius 1 is 1.06 bits per heavy atom. The maximum atomic E-state index is 10.5. The zero-order valence-corrected chi connectivity index (χ0v) is 11.6. The summed E-state index contributed by atoms with van der Waals surface area (Å²) in [6, 6.07) is 5.99. The second-order valence-corrected chi connectivity index (χ2v) is 5.64. The van der Waals surface area contributed by atoms with Crippen molar-refractivity contribution in [1.29, 1.82) is 0 Å². The third-order valence-corrected chi connectivity index (χ3v) is 2.87. The first-order valence-corrected chi connectivity index (χ1v) is 6.97. The summed E-state index contributed by atoms with van der Waals surface area (Å²) in [4.78, 5) is -0.0666. The van der Waals surface area contributed by atoms with Crippen LogP contribution in [-0.4, -0.2) is 35.4 Å². The number of rotatable bonds is 3. The van der Waals surface area contributed by atoms with Gasteiger partial charge in [0.25, 0.3) is 10.1 Å². The topological polar surface area (TPSA) is 94.8 Å². The molecular formula is C12H20O5S. The maximum absolute atomic E-state index is 10.5. The monoisotopic (exact) mass is 276 g/mol. The normalized spacial score (nSPS) is 14.3. The van der Waals surface area contributed by atoms with Crippen LogP contribution in [0.4, 0.5) is 0 Å². The summed E-state index contributed by atoms with van der Waals surface area (Å²) in [6.07, 6.45) is -0.278. The van der Waals surface area contributed by atoms with E-state index >= 15 is 0 Å². The standard InChI is InChI=1S/C7H8O3S.C5H12O2/c1-6-2-4-7(5-3-6)11(8,9)10;1-4(6)3-5(2)7/h2-5H,1H3,(H,8,9,10);4-7H,3H2,1-2H3. The van der Waals surface area contributed by atoms with Gasteiger partial charge in [-0.1, -0.05) is 17.7 Å². The van der Waals surface area contributed by atoms with Gasteiger partial charge in [0, 0.05) is 0 Å². The van der Waals surface area contributed by atoms with E-state index in [2.05, 4.69) is 0 Å². The molecule has 2 unspecified atom stereocenters. The van der Waals surface area contributed by atoms with Gasteiger partial charge in [-0.2, -0.15) is 8.42 Å². The second kappa shape index (κ2) is 7.48. The van der Waals surface area contributed by atoms with Crippen LogP contribution in [0.3, 0.4) is 0 Å². The molecule has 1 aromatic carbocycles. The van der Waals surface area contributed by atoms with Crippen LogP contribution in [0, 0.1) is 6.92 Å². The highest BCUT2D eigenvalue weighted by atomic mass is 32.2. The fourth-order valence-electron chi connectivity index (χ4n) is 1.20. The summed E-state index contributed by atoms with van der Waals surface area (Å²) < 4.78 is 29.6. The fourth-order valence-corrected chi connectivity index (χ4v) is 1.68. The number of hydrogen-bond donors (Lipinski definition) is 3. The highest BCUT2D eigenvalue weighted by molar-refractivity contribution is 7.85. The number of aryl methyl sites for hydroxylation is 1. The first kappa shape index (κ1) is 17.1. The molecule has 0 heterocycles. The Balaban J connectivity index is 0.000000360. The number of aliphatic hydroxyl groups is 2. The van der Waals surface area contributed by atoms with E-state index in [1.165, 1.54) is 12.1 Å². The number of benzene rings is 1. The average Bonchev–Trinajstić information content (AvgIpc) is 2.15. The van der Waals surface area contributed by atoms with Crippen LogP contribution in [0.1, 0.15) is 25.8 Å². The zero-order valence-electron chi connectivity index (χ0n) is 10.7. The van der Waals surface area contributed by atoms with Gasteiger partial charge in [-0.25, -0.2) is 0 Å². The van der Waals surface area contributed by atoms with Gasteiger partial charge in [-0.15, -0.1) is 0 Å². The van der Waals surface area contributed by atoms with Crippen molar-refractivity contribution in [3.05, 3.63) is 29.8 Å². The summed E-state index contributed by atoms with van der Waals surface area (Å²) >= 11 is 0.